The number of anilines is 3. The third-order valence-electron chi connectivity index (χ3n) is 6.71. The summed E-state index contributed by atoms with van der Waals surface area (Å²) in [6, 6.07) is 15.8. The van der Waals surface area contributed by atoms with Crippen molar-refractivity contribution in [1.82, 2.24) is 9.88 Å². The molecule has 0 aliphatic carbocycles. The number of nitrogens with zero attached hydrogens (tertiary/aromatic N) is 4. The van der Waals surface area contributed by atoms with Crippen molar-refractivity contribution < 1.29 is 14.7 Å². The van der Waals surface area contributed by atoms with E-state index < -0.39 is 17.7 Å². The highest BCUT2D eigenvalue weighted by atomic mass is 79.9. The maximum Gasteiger partial charge on any atom is 0.329 e. The molecule has 2 aliphatic heterocycles. The summed E-state index contributed by atoms with van der Waals surface area (Å²) in [7, 11) is 0. The van der Waals surface area contributed by atoms with E-state index in [1.54, 1.807) is 35.4 Å². The molecule has 1 unspecified atom stereocenters. The molecular weight excluding hydrogens is 510 g/mol. The second-order valence-corrected chi connectivity index (χ2v) is 9.78. The van der Waals surface area contributed by atoms with E-state index in [2.05, 4.69) is 31.1 Å². The molecular formula is C26H26BrN5O3. The van der Waals surface area contributed by atoms with Crippen LogP contribution in [0.25, 0.3) is 0 Å². The minimum Gasteiger partial charge on any atom is -0.359 e. The highest BCUT2D eigenvalue weighted by Gasteiger charge is 2.54. The summed E-state index contributed by atoms with van der Waals surface area (Å²) in [4.78, 5) is 36.7. The number of aliphatic hydroxyl groups is 1. The van der Waals surface area contributed by atoms with Crippen molar-refractivity contribution in [2.45, 2.75) is 19.6 Å². The van der Waals surface area contributed by atoms with Crippen molar-refractivity contribution in [3.63, 3.8) is 0 Å². The maximum atomic E-state index is 14.1. The van der Waals surface area contributed by atoms with Gasteiger partial charge in [0.25, 0.3) is 11.6 Å². The molecule has 2 N–H and O–H groups in total. The van der Waals surface area contributed by atoms with E-state index in [0.717, 1.165) is 16.9 Å². The Balaban J connectivity index is 1.53. The number of aryl methyl sites for hydroxylation is 2. The number of amides is 3. The number of hydrogen-bond acceptors (Lipinski definition) is 5. The zero-order valence-electron chi connectivity index (χ0n) is 19.5. The van der Waals surface area contributed by atoms with Crippen molar-refractivity contribution in [2.24, 2.45) is 0 Å². The lowest BCUT2D eigenvalue weighted by Crippen LogP contribution is -2.65. The number of carbonyl (C=O) groups excluding carboxylic acids is 2. The molecule has 1 aromatic heterocycles. The van der Waals surface area contributed by atoms with Crippen LogP contribution in [0.5, 0.6) is 0 Å². The second-order valence-electron chi connectivity index (χ2n) is 8.86. The first-order valence-electron chi connectivity index (χ1n) is 11.5. The van der Waals surface area contributed by atoms with Gasteiger partial charge in [0.05, 0.1) is 5.69 Å². The molecule has 1 saturated heterocycles. The van der Waals surface area contributed by atoms with Crippen LogP contribution in [0.1, 0.15) is 16.7 Å². The monoisotopic (exact) mass is 535 g/mol. The van der Waals surface area contributed by atoms with E-state index in [-0.39, 0.29) is 0 Å². The molecule has 180 valence electrons. The fourth-order valence-electron chi connectivity index (χ4n) is 4.63. The molecule has 1 fully saturated rings. The van der Waals surface area contributed by atoms with Crippen LogP contribution < -0.4 is 15.1 Å². The number of pyridine rings is 1. The summed E-state index contributed by atoms with van der Waals surface area (Å²) in [5, 5.41) is 15.1. The fourth-order valence-corrected chi connectivity index (χ4v) is 4.99. The average Bonchev–Trinajstić information content (AvgIpc) is 2.87. The number of fused-ring (bicyclic) bond motifs is 1. The van der Waals surface area contributed by atoms with Crippen LogP contribution in [0, 0.1) is 13.8 Å². The SMILES string of the molecule is Cc1ccc(N2C(=O)Nc3ccc(Br)cc3C2(O)C(=O)N2CCN(c3ccccn3)CC2)cc1C. The van der Waals surface area contributed by atoms with E-state index in [9.17, 15) is 14.7 Å². The molecule has 8 nitrogen and oxygen atoms in total. The van der Waals surface area contributed by atoms with Crippen molar-refractivity contribution in [2.75, 3.05) is 41.3 Å². The first-order chi connectivity index (χ1) is 16.8. The number of rotatable bonds is 3. The lowest BCUT2D eigenvalue weighted by atomic mass is 9.93. The number of urea groups is 1. The topological polar surface area (TPSA) is 89.0 Å². The lowest BCUT2D eigenvalue weighted by Gasteiger charge is -2.46. The van der Waals surface area contributed by atoms with Gasteiger partial charge in [0.2, 0.25) is 0 Å². The number of benzene rings is 2. The van der Waals surface area contributed by atoms with Crippen molar-refractivity contribution in [3.8, 4) is 0 Å². The van der Waals surface area contributed by atoms with Crippen LogP contribution in [-0.4, -0.2) is 53.1 Å². The Kier molecular flexibility index (Phi) is 5.98. The molecule has 5 rings (SSSR count). The highest BCUT2D eigenvalue weighted by Crippen LogP contribution is 2.42. The second kappa shape index (κ2) is 8.98. The third kappa shape index (κ3) is 4.04. The Morgan fingerprint density at radius 2 is 1.80 bits per heavy atom. The van der Waals surface area contributed by atoms with Gasteiger partial charge in [-0.15, -0.1) is 0 Å². The van der Waals surface area contributed by atoms with E-state index in [1.807, 2.05) is 44.2 Å². The Bertz CT molecular complexity index is 1290. The normalized spacial score (nSPS) is 19.9. The maximum absolute atomic E-state index is 14.1. The van der Waals surface area contributed by atoms with Crippen molar-refractivity contribution in [3.05, 3.63) is 82.0 Å². The first kappa shape index (κ1) is 23.3. The van der Waals surface area contributed by atoms with E-state index in [1.165, 1.54) is 4.90 Å². The number of hydrogen-bond donors (Lipinski definition) is 2. The molecule has 1 atom stereocenters. The number of halogens is 1. The van der Waals surface area contributed by atoms with Crippen LogP contribution >= 0.6 is 15.9 Å². The van der Waals surface area contributed by atoms with Crippen molar-refractivity contribution >= 4 is 45.1 Å². The summed E-state index contributed by atoms with van der Waals surface area (Å²) >= 11 is 3.45. The summed E-state index contributed by atoms with van der Waals surface area (Å²) in [6.45, 7) is 5.83. The van der Waals surface area contributed by atoms with Crippen LogP contribution in [0.2, 0.25) is 0 Å². The number of nitrogens with one attached hydrogen (secondary N) is 1. The van der Waals surface area contributed by atoms with Gasteiger partial charge in [-0.3, -0.25) is 9.69 Å². The molecule has 9 heteroatoms. The third-order valence-corrected chi connectivity index (χ3v) is 7.21. The minimum absolute atomic E-state index is 0.321. The molecule has 0 radical (unpaired) electrons. The van der Waals surface area contributed by atoms with Gasteiger partial charge in [0.1, 0.15) is 5.82 Å². The van der Waals surface area contributed by atoms with E-state index in [4.69, 9.17) is 0 Å². The van der Waals surface area contributed by atoms with Gasteiger partial charge in [0, 0.05) is 48.1 Å². The molecule has 2 aromatic carbocycles. The van der Waals surface area contributed by atoms with Crippen molar-refractivity contribution in [1.29, 1.82) is 0 Å². The van der Waals surface area contributed by atoms with Crippen LogP contribution in [0.3, 0.4) is 0 Å². The van der Waals surface area contributed by atoms with E-state index in [0.29, 0.717) is 47.6 Å². The smallest absolute Gasteiger partial charge is 0.329 e. The summed E-state index contributed by atoms with van der Waals surface area (Å²) in [6.07, 6.45) is 1.74. The predicted octanol–water partition coefficient (Wildman–Crippen LogP) is 4.01. The number of carbonyl (C=O) groups is 2. The van der Waals surface area contributed by atoms with Gasteiger partial charge >= 0.3 is 6.03 Å². The van der Waals surface area contributed by atoms with Gasteiger partial charge in [-0.05, 0) is 67.4 Å². The minimum atomic E-state index is -2.21. The Morgan fingerprint density at radius 1 is 1.03 bits per heavy atom. The zero-order chi connectivity index (χ0) is 24.7. The molecule has 0 bridgehead atoms. The van der Waals surface area contributed by atoms with Crippen LogP contribution in [0.4, 0.5) is 22.0 Å². The van der Waals surface area contributed by atoms with Crippen LogP contribution in [-0.2, 0) is 10.5 Å². The predicted molar refractivity (Wildman–Crippen MR) is 138 cm³/mol. The molecule has 3 aromatic rings. The van der Waals surface area contributed by atoms with Gasteiger partial charge in [-0.25, -0.2) is 9.78 Å². The van der Waals surface area contributed by atoms with Gasteiger partial charge in [-0.2, -0.15) is 0 Å². The summed E-state index contributed by atoms with van der Waals surface area (Å²) in [5.74, 6) is 0.312. The van der Waals surface area contributed by atoms with Gasteiger partial charge < -0.3 is 20.2 Å². The van der Waals surface area contributed by atoms with Gasteiger partial charge in [-0.1, -0.05) is 28.1 Å². The number of piperazine rings is 1. The van der Waals surface area contributed by atoms with Crippen LogP contribution in [0.15, 0.2) is 65.3 Å². The molecule has 3 amide bonds. The summed E-state index contributed by atoms with van der Waals surface area (Å²) in [5.41, 5.74) is 0.960. The first-order valence-corrected chi connectivity index (χ1v) is 12.2. The highest BCUT2D eigenvalue weighted by molar-refractivity contribution is 9.10. The zero-order valence-corrected chi connectivity index (χ0v) is 21.1. The Hall–Kier alpha value is -3.43. The molecule has 0 saturated carbocycles. The lowest BCUT2D eigenvalue weighted by molar-refractivity contribution is -0.152. The Morgan fingerprint density at radius 3 is 2.49 bits per heavy atom. The largest absolute Gasteiger partial charge is 0.359 e. The van der Waals surface area contributed by atoms with Gasteiger partial charge in [0.15, 0.2) is 0 Å². The molecule has 3 heterocycles. The quantitative estimate of drug-likeness (QED) is 0.529. The standard InChI is InChI=1S/C26H26BrN5O3/c1-17-6-8-20(15-18(17)2)32-25(34)29-22-9-7-19(27)16-21(22)26(32,35)24(33)31-13-11-30(12-14-31)23-5-3-4-10-28-23/h3-10,15-16,35H,11-14H2,1-2H3,(H,29,34). The molecule has 2 aliphatic rings. The Labute approximate surface area is 212 Å². The average molecular weight is 536 g/mol. The number of aromatic nitrogens is 1. The summed E-state index contributed by atoms with van der Waals surface area (Å²) < 4.78 is 0.693. The fraction of sp³-hybridized carbons (Fsp3) is 0.269. The molecule has 35 heavy (non-hydrogen) atoms. The molecule has 0 spiro atoms. The van der Waals surface area contributed by atoms with E-state index >= 15 is 0 Å².